The highest BCUT2D eigenvalue weighted by Gasteiger charge is 2.29. The third-order valence-corrected chi connectivity index (χ3v) is 6.59. The molecule has 34 heavy (non-hydrogen) atoms. The monoisotopic (exact) mass is 494 g/mol. The van der Waals surface area contributed by atoms with Gasteiger partial charge in [-0.25, -0.2) is 0 Å². The van der Waals surface area contributed by atoms with E-state index in [1.165, 1.54) is 7.11 Å². The maximum atomic E-state index is 12.6. The predicted molar refractivity (Wildman–Crippen MR) is 130 cm³/mol. The predicted octanol–water partition coefficient (Wildman–Crippen LogP) is -0.211. The number of rotatable bonds is 20. The van der Waals surface area contributed by atoms with Gasteiger partial charge in [-0.15, -0.1) is 0 Å². The van der Waals surface area contributed by atoms with Crippen LogP contribution in [0.5, 0.6) is 0 Å². The number of hydrogen-bond donors (Lipinski definition) is 7. The number of carbonyl (C=O) groups is 1. The van der Waals surface area contributed by atoms with E-state index >= 15 is 0 Å². The number of hydrogen-bond acceptors (Lipinski definition) is 9. The Bertz CT molecular complexity index is 523. The van der Waals surface area contributed by atoms with E-state index in [4.69, 9.17) is 9.47 Å². The van der Waals surface area contributed by atoms with Crippen LogP contribution in [0.25, 0.3) is 0 Å². The lowest BCUT2D eigenvalue weighted by molar-refractivity contribution is -0.131. The molecule has 0 aliphatic heterocycles. The van der Waals surface area contributed by atoms with Crippen LogP contribution in [0, 0.1) is 11.8 Å². The standard InChI is InChI=1S/C24H50N2O8/c1-7-15(3)19(9-18(29)12-25-5)26-23(31)11-17(28)10-21(16(4)8-2)34-14-20(30)24(32)22(13-27)33-6/h15-22,24-25,27-30,32H,7-14H2,1-6H3,(H,26,31). The minimum absolute atomic E-state index is 0.0441. The second kappa shape index (κ2) is 18.4. The van der Waals surface area contributed by atoms with E-state index in [0.29, 0.717) is 13.0 Å². The minimum Gasteiger partial charge on any atom is -0.394 e. The summed E-state index contributed by atoms with van der Waals surface area (Å²) in [6.45, 7) is 7.76. The molecule has 9 atom stereocenters. The molecule has 204 valence electrons. The Morgan fingerprint density at radius 1 is 0.941 bits per heavy atom. The van der Waals surface area contributed by atoms with E-state index < -0.39 is 43.2 Å². The van der Waals surface area contributed by atoms with Gasteiger partial charge in [0.1, 0.15) is 18.3 Å². The summed E-state index contributed by atoms with van der Waals surface area (Å²) in [5, 5.41) is 56.1. The first-order valence-electron chi connectivity index (χ1n) is 12.5. The van der Waals surface area contributed by atoms with Crippen molar-refractivity contribution in [3.63, 3.8) is 0 Å². The van der Waals surface area contributed by atoms with Gasteiger partial charge in [0.2, 0.25) is 5.91 Å². The van der Waals surface area contributed by atoms with E-state index in [2.05, 4.69) is 10.6 Å². The topological polar surface area (TPSA) is 161 Å². The van der Waals surface area contributed by atoms with Gasteiger partial charge in [-0.3, -0.25) is 4.79 Å². The van der Waals surface area contributed by atoms with Gasteiger partial charge in [0.05, 0.1) is 37.9 Å². The molecular formula is C24H50N2O8. The molecule has 0 rings (SSSR count). The number of carbonyl (C=O) groups excluding carboxylic acids is 1. The molecule has 0 saturated heterocycles. The van der Waals surface area contributed by atoms with E-state index in [-0.39, 0.29) is 43.2 Å². The zero-order valence-electron chi connectivity index (χ0n) is 21.8. The normalized spacial score (nSPS) is 20.0. The second-order valence-corrected chi connectivity index (χ2v) is 9.37. The zero-order valence-corrected chi connectivity index (χ0v) is 21.8. The Kier molecular flexibility index (Phi) is 18.0. The van der Waals surface area contributed by atoms with Crippen molar-refractivity contribution in [2.75, 3.05) is 33.9 Å². The summed E-state index contributed by atoms with van der Waals surface area (Å²) < 4.78 is 10.7. The summed E-state index contributed by atoms with van der Waals surface area (Å²) in [6.07, 6.45) is -3.38. The lowest BCUT2D eigenvalue weighted by atomic mass is 9.93. The largest absolute Gasteiger partial charge is 0.394 e. The molecule has 7 N–H and O–H groups in total. The third-order valence-electron chi connectivity index (χ3n) is 6.59. The van der Waals surface area contributed by atoms with Gasteiger partial charge in [0.15, 0.2) is 0 Å². The summed E-state index contributed by atoms with van der Waals surface area (Å²) in [6, 6.07) is -0.202. The Morgan fingerprint density at radius 3 is 2.06 bits per heavy atom. The molecule has 0 radical (unpaired) electrons. The number of aliphatic hydroxyl groups excluding tert-OH is 5. The molecular weight excluding hydrogens is 444 g/mol. The summed E-state index contributed by atoms with van der Waals surface area (Å²) in [7, 11) is 3.09. The maximum absolute atomic E-state index is 12.6. The molecule has 0 aromatic heterocycles. The summed E-state index contributed by atoms with van der Waals surface area (Å²) in [4.78, 5) is 12.6. The van der Waals surface area contributed by atoms with Gasteiger partial charge >= 0.3 is 0 Å². The summed E-state index contributed by atoms with van der Waals surface area (Å²) in [5.41, 5.74) is 0. The Labute approximate surface area is 205 Å². The van der Waals surface area contributed by atoms with Crippen molar-refractivity contribution in [3.8, 4) is 0 Å². The molecule has 0 spiro atoms. The number of amides is 1. The molecule has 0 fully saturated rings. The van der Waals surface area contributed by atoms with Gasteiger partial charge in [-0.2, -0.15) is 0 Å². The number of ether oxygens (including phenoxy) is 2. The molecule has 0 aliphatic carbocycles. The molecule has 0 bridgehead atoms. The van der Waals surface area contributed by atoms with E-state index in [1.54, 1.807) is 7.05 Å². The van der Waals surface area contributed by atoms with Crippen molar-refractivity contribution in [2.24, 2.45) is 11.8 Å². The molecule has 0 aromatic carbocycles. The van der Waals surface area contributed by atoms with Crippen LogP contribution in [0.3, 0.4) is 0 Å². The van der Waals surface area contributed by atoms with Gasteiger partial charge in [0, 0.05) is 26.1 Å². The smallest absolute Gasteiger partial charge is 0.222 e. The fourth-order valence-electron chi connectivity index (χ4n) is 3.78. The molecule has 9 unspecified atom stereocenters. The second-order valence-electron chi connectivity index (χ2n) is 9.37. The van der Waals surface area contributed by atoms with Crippen LogP contribution in [0.2, 0.25) is 0 Å². The van der Waals surface area contributed by atoms with Crippen molar-refractivity contribution in [2.45, 2.75) is 102 Å². The first-order chi connectivity index (χ1) is 16.0. The van der Waals surface area contributed by atoms with Crippen molar-refractivity contribution in [1.29, 1.82) is 0 Å². The molecule has 0 saturated carbocycles. The van der Waals surface area contributed by atoms with Gasteiger partial charge in [-0.05, 0) is 25.3 Å². The fraction of sp³-hybridized carbons (Fsp3) is 0.958. The number of methoxy groups -OCH3 is 1. The molecule has 10 heteroatoms. The van der Waals surface area contributed by atoms with Crippen LogP contribution < -0.4 is 10.6 Å². The highest BCUT2D eigenvalue weighted by Crippen LogP contribution is 2.20. The van der Waals surface area contributed by atoms with E-state index in [0.717, 1.165) is 12.8 Å². The van der Waals surface area contributed by atoms with Crippen LogP contribution in [-0.2, 0) is 14.3 Å². The summed E-state index contributed by atoms with van der Waals surface area (Å²) >= 11 is 0. The molecule has 0 aliphatic rings. The highest BCUT2D eigenvalue weighted by molar-refractivity contribution is 5.76. The first-order valence-corrected chi connectivity index (χ1v) is 12.5. The van der Waals surface area contributed by atoms with Crippen molar-refractivity contribution < 1.29 is 39.8 Å². The van der Waals surface area contributed by atoms with Crippen LogP contribution in [0.15, 0.2) is 0 Å². The van der Waals surface area contributed by atoms with Crippen molar-refractivity contribution in [1.82, 2.24) is 10.6 Å². The molecule has 0 aromatic rings. The average Bonchev–Trinajstić information content (AvgIpc) is 2.80. The van der Waals surface area contributed by atoms with Crippen LogP contribution in [-0.4, -0.2) is 108 Å². The molecule has 10 nitrogen and oxygen atoms in total. The lowest BCUT2D eigenvalue weighted by Gasteiger charge is -2.30. The third kappa shape index (κ3) is 12.7. The average molecular weight is 495 g/mol. The van der Waals surface area contributed by atoms with Gasteiger partial charge in [0.25, 0.3) is 0 Å². The SMILES string of the molecule is CCC(C)C(CC(O)CNC)NC(=O)CC(O)CC(OCC(O)C(O)C(CO)OC)C(C)CC. The molecule has 1 amide bonds. The van der Waals surface area contributed by atoms with Crippen molar-refractivity contribution in [3.05, 3.63) is 0 Å². The Morgan fingerprint density at radius 2 is 1.56 bits per heavy atom. The lowest BCUT2D eigenvalue weighted by Crippen LogP contribution is -2.45. The van der Waals surface area contributed by atoms with E-state index in [9.17, 15) is 30.3 Å². The molecule has 0 heterocycles. The first kappa shape index (κ1) is 33.1. The van der Waals surface area contributed by atoms with Crippen molar-refractivity contribution >= 4 is 5.91 Å². The quantitative estimate of drug-likeness (QED) is 0.121. The minimum atomic E-state index is -1.32. The van der Waals surface area contributed by atoms with Gasteiger partial charge < -0.3 is 45.6 Å². The van der Waals surface area contributed by atoms with E-state index in [1.807, 2.05) is 27.7 Å². The van der Waals surface area contributed by atoms with Crippen LogP contribution in [0.1, 0.15) is 59.8 Å². The number of aliphatic hydroxyl groups is 5. The van der Waals surface area contributed by atoms with Crippen LogP contribution in [0.4, 0.5) is 0 Å². The zero-order chi connectivity index (χ0) is 26.3. The Balaban J connectivity index is 4.92. The van der Waals surface area contributed by atoms with Gasteiger partial charge in [-0.1, -0.05) is 40.5 Å². The number of nitrogens with one attached hydrogen (secondary N) is 2. The summed E-state index contributed by atoms with van der Waals surface area (Å²) in [5.74, 6) is -0.0760. The fourth-order valence-corrected chi connectivity index (χ4v) is 3.78. The number of likely N-dealkylation sites (N-methyl/N-ethyl adjacent to an activating group) is 1. The Hall–Kier alpha value is -0.850. The maximum Gasteiger partial charge on any atom is 0.222 e. The highest BCUT2D eigenvalue weighted by atomic mass is 16.5. The van der Waals surface area contributed by atoms with Crippen LogP contribution >= 0.6 is 0 Å².